The monoisotopic (exact) mass is 407 g/mol. The molecule has 2 amide bonds. The van der Waals surface area contributed by atoms with Crippen LogP contribution in [0.2, 0.25) is 25.2 Å². The second-order valence-electron chi connectivity index (χ2n) is 8.53. The number of benzene rings is 1. The van der Waals surface area contributed by atoms with Crippen molar-refractivity contribution in [2.24, 2.45) is 0 Å². The van der Waals surface area contributed by atoms with E-state index in [4.69, 9.17) is 4.74 Å². The highest BCUT2D eigenvalue weighted by molar-refractivity contribution is 6.77. The van der Waals surface area contributed by atoms with E-state index in [-0.39, 0.29) is 24.3 Å². The minimum atomic E-state index is -1.12. The summed E-state index contributed by atoms with van der Waals surface area (Å²) in [6, 6.07) is 6.96. The summed E-state index contributed by atoms with van der Waals surface area (Å²) in [5.41, 5.74) is 1.08. The quantitative estimate of drug-likeness (QED) is 0.758. The molecule has 0 radical (unpaired) electrons. The summed E-state index contributed by atoms with van der Waals surface area (Å²) in [4.78, 5) is 27.4. The third kappa shape index (κ3) is 4.48. The Hall–Kier alpha value is -2.09. The Morgan fingerprint density at radius 1 is 1.36 bits per heavy atom. The van der Waals surface area contributed by atoms with E-state index < -0.39 is 20.3 Å². The van der Waals surface area contributed by atoms with Gasteiger partial charge < -0.3 is 15.0 Å². The minimum absolute atomic E-state index is 0.0924. The standard InChI is InChI=1S/C20H30FN3O3Si/c1-5-19(25)22-14(2)18-13-24(20(26)27-18)15-6-7-17(16(21)12-15)23-8-10-28(3,4)11-9-23/h6-7,12,14,18H,5,8-11,13H2,1-4H3,(H,22,25). The van der Waals surface area contributed by atoms with Gasteiger partial charge in [-0.1, -0.05) is 20.0 Å². The zero-order chi connectivity index (χ0) is 20.5. The van der Waals surface area contributed by atoms with Crippen LogP contribution in [-0.4, -0.2) is 51.9 Å². The number of amides is 2. The van der Waals surface area contributed by atoms with Crippen molar-refractivity contribution in [3.63, 3.8) is 0 Å². The van der Waals surface area contributed by atoms with Gasteiger partial charge in [-0.3, -0.25) is 9.69 Å². The Morgan fingerprint density at radius 2 is 2.04 bits per heavy atom. The van der Waals surface area contributed by atoms with Gasteiger partial charge in [-0.2, -0.15) is 0 Å². The normalized spacial score (nSPS) is 22.8. The maximum absolute atomic E-state index is 14.8. The molecule has 6 nitrogen and oxygen atoms in total. The molecule has 1 aromatic rings. The first-order valence-corrected chi connectivity index (χ1v) is 13.4. The van der Waals surface area contributed by atoms with E-state index in [2.05, 4.69) is 23.3 Å². The molecule has 2 fully saturated rings. The van der Waals surface area contributed by atoms with Crippen LogP contribution in [-0.2, 0) is 9.53 Å². The van der Waals surface area contributed by atoms with E-state index >= 15 is 0 Å². The van der Waals surface area contributed by atoms with Crippen molar-refractivity contribution in [1.29, 1.82) is 0 Å². The van der Waals surface area contributed by atoms with Gasteiger partial charge in [0.1, 0.15) is 11.9 Å². The van der Waals surface area contributed by atoms with Crippen molar-refractivity contribution in [3.8, 4) is 0 Å². The molecular formula is C20H30FN3O3Si. The number of ether oxygens (including phenoxy) is 1. The predicted octanol–water partition coefficient (Wildman–Crippen LogP) is 3.59. The lowest BCUT2D eigenvalue weighted by molar-refractivity contribution is -0.122. The first kappa shape index (κ1) is 20.6. The summed E-state index contributed by atoms with van der Waals surface area (Å²) in [5.74, 6) is -0.410. The van der Waals surface area contributed by atoms with Crippen LogP contribution in [0.3, 0.4) is 0 Å². The molecule has 0 bridgehead atoms. The molecule has 28 heavy (non-hydrogen) atoms. The Bertz CT molecular complexity index is 748. The van der Waals surface area contributed by atoms with Gasteiger partial charge in [0, 0.05) is 19.5 Å². The van der Waals surface area contributed by atoms with Crippen LogP contribution in [0.5, 0.6) is 0 Å². The molecule has 1 N–H and O–H groups in total. The number of nitrogens with one attached hydrogen (secondary N) is 1. The summed E-state index contributed by atoms with van der Waals surface area (Å²) in [6.45, 7) is 10.4. The summed E-state index contributed by atoms with van der Waals surface area (Å²) in [6.07, 6.45) is -0.599. The maximum atomic E-state index is 14.8. The smallest absolute Gasteiger partial charge is 0.414 e. The van der Waals surface area contributed by atoms with Crippen molar-refractivity contribution in [2.75, 3.05) is 29.4 Å². The van der Waals surface area contributed by atoms with Crippen molar-refractivity contribution in [3.05, 3.63) is 24.0 Å². The van der Waals surface area contributed by atoms with Gasteiger partial charge >= 0.3 is 6.09 Å². The Labute approximate surface area is 167 Å². The zero-order valence-corrected chi connectivity index (χ0v) is 18.1. The van der Waals surface area contributed by atoms with Gasteiger partial charge in [0.15, 0.2) is 0 Å². The Balaban J connectivity index is 1.68. The van der Waals surface area contributed by atoms with Gasteiger partial charge in [0.25, 0.3) is 0 Å². The lowest BCUT2D eigenvalue weighted by Gasteiger charge is -2.37. The highest BCUT2D eigenvalue weighted by Crippen LogP contribution is 2.31. The third-order valence-electron chi connectivity index (χ3n) is 5.80. The van der Waals surface area contributed by atoms with Gasteiger partial charge in [-0.15, -0.1) is 0 Å². The minimum Gasteiger partial charge on any atom is -0.442 e. The van der Waals surface area contributed by atoms with Gasteiger partial charge in [0.05, 0.1) is 32.0 Å². The zero-order valence-electron chi connectivity index (χ0n) is 17.1. The molecule has 2 atom stereocenters. The predicted molar refractivity (Wildman–Crippen MR) is 111 cm³/mol. The number of cyclic esters (lactones) is 1. The third-order valence-corrected chi connectivity index (χ3v) is 8.96. The second kappa shape index (κ2) is 8.11. The fourth-order valence-electron chi connectivity index (χ4n) is 3.68. The number of hydrogen-bond donors (Lipinski definition) is 1. The van der Waals surface area contributed by atoms with E-state index in [0.29, 0.717) is 17.8 Å². The maximum Gasteiger partial charge on any atom is 0.414 e. The van der Waals surface area contributed by atoms with Crippen LogP contribution in [0.15, 0.2) is 18.2 Å². The molecule has 2 aliphatic heterocycles. The van der Waals surface area contributed by atoms with Crippen LogP contribution in [0, 0.1) is 5.82 Å². The summed E-state index contributed by atoms with van der Waals surface area (Å²) >= 11 is 0. The first-order chi connectivity index (χ1) is 13.2. The molecule has 8 heteroatoms. The number of rotatable bonds is 5. The number of nitrogens with zero attached hydrogens (tertiary/aromatic N) is 2. The molecule has 3 rings (SSSR count). The van der Waals surface area contributed by atoms with Crippen LogP contribution < -0.4 is 15.1 Å². The molecule has 2 saturated heterocycles. The number of carbonyl (C=O) groups is 2. The van der Waals surface area contributed by atoms with Gasteiger partial charge in [-0.25, -0.2) is 9.18 Å². The van der Waals surface area contributed by atoms with Gasteiger partial charge in [0.2, 0.25) is 5.91 Å². The lowest BCUT2D eigenvalue weighted by atomic mass is 10.1. The topological polar surface area (TPSA) is 61.9 Å². The number of carbonyl (C=O) groups excluding carboxylic acids is 2. The van der Waals surface area contributed by atoms with Crippen molar-refractivity contribution >= 4 is 31.4 Å². The molecule has 1 aromatic carbocycles. The molecule has 0 spiro atoms. The highest BCUT2D eigenvalue weighted by Gasteiger charge is 2.36. The number of anilines is 2. The van der Waals surface area contributed by atoms with E-state index in [1.807, 2.05) is 0 Å². The Kier molecular flexibility index (Phi) is 5.97. The van der Waals surface area contributed by atoms with Crippen LogP contribution in [0.4, 0.5) is 20.6 Å². The second-order valence-corrected chi connectivity index (χ2v) is 13.9. The fourth-order valence-corrected chi connectivity index (χ4v) is 5.68. The summed E-state index contributed by atoms with van der Waals surface area (Å²) < 4.78 is 20.2. The van der Waals surface area contributed by atoms with Crippen molar-refractivity contribution in [1.82, 2.24) is 5.32 Å². The SMILES string of the molecule is CCC(=O)NC(C)C1CN(c2ccc(N3CC[Si](C)(C)CC3)c(F)c2)C(=O)O1. The lowest BCUT2D eigenvalue weighted by Crippen LogP contribution is -2.43. The molecular weight excluding hydrogens is 377 g/mol. The summed E-state index contributed by atoms with van der Waals surface area (Å²) in [7, 11) is -1.12. The van der Waals surface area contributed by atoms with E-state index in [0.717, 1.165) is 25.2 Å². The Morgan fingerprint density at radius 3 is 2.64 bits per heavy atom. The molecule has 154 valence electrons. The molecule has 2 heterocycles. The molecule has 0 aliphatic carbocycles. The average Bonchev–Trinajstić information content (AvgIpc) is 3.04. The fraction of sp³-hybridized carbons (Fsp3) is 0.600. The van der Waals surface area contributed by atoms with Crippen LogP contribution in [0.25, 0.3) is 0 Å². The van der Waals surface area contributed by atoms with Gasteiger partial charge in [-0.05, 0) is 37.2 Å². The van der Waals surface area contributed by atoms with E-state index in [1.165, 1.54) is 11.0 Å². The molecule has 0 aromatic heterocycles. The number of hydrogen-bond acceptors (Lipinski definition) is 4. The highest BCUT2D eigenvalue weighted by atomic mass is 28.3. The number of halogens is 1. The van der Waals surface area contributed by atoms with Crippen molar-refractivity contribution < 1.29 is 18.7 Å². The molecule has 2 unspecified atom stereocenters. The first-order valence-electron chi connectivity index (χ1n) is 10.0. The van der Waals surface area contributed by atoms with Crippen LogP contribution in [0.1, 0.15) is 20.3 Å². The van der Waals surface area contributed by atoms with Crippen LogP contribution >= 0.6 is 0 Å². The molecule has 2 aliphatic rings. The van der Waals surface area contributed by atoms with E-state index in [9.17, 15) is 14.0 Å². The molecule has 0 saturated carbocycles. The summed E-state index contributed by atoms with van der Waals surface area (Å²) in [5, 5.41) is 2.81. The average molecular weight is 408 g/mol. The largest absolute Gasteiger partial charge is 0.442 e. The van der Waals surface area contributed by atoms with Crippen molar-refractivity contribution in [2.45, 2.75) is 57.6 Å². The van der Waals surface area contributed by atoms with E-state index in [1.54, 1.807) is 26.0 Å².